The van der Waals surface area contributed by atoms with Gasteiger partial charge in [-0.05, 0) is 42.2 Å². The van der Waals surface area contributed by atoms with Crippen LogP contribution >= 0.6 is 15.9 Å². The molecule has 156 valence electrons. The minimum Gasteiger partial charge on any atom is -0.480 e. The summed E-state index contributed by atoms with van der Waals surface area (Å²) in [5.74, 6) is -1.83. The van der Waals surface area contributed by atoms with Gasteiger partial charge in [-0.3, -0.25) is 14.5 Å². The number of likely N-dealkylation sites (tertiary alicyclic amines) is 1. The first kappa shape index (κ1) is 20.4. The summed E-state index contributed by atoms with van der Waals surface area (Å²) in [6.07, 6.45) is 4.80. The van der Waals surface area contributed by atoms with Crippen LogP contribution in [0.15, 0.2) is 28.9 Å². The van der Waals surface area contributed by atoms with E-state index in [1.165, 1.54) is 0 Å². The van der Waals surface area contributed by atoms with Gasteiger partial charge in [0.2, 0.25) is 0 Å². The number of hydrogen-bond donors (Lipinski definition) is 2. The maximum Gasteiger partial charge on any atom is 0.325 e. The average molecular weight is 463 g/mol. The molecule has 0 radical (unpaired) electrons. The zero-order chi connectivity index (χ0) is 21.1. The predicted molar refractivity (Wildman–Crippen MR) is 114 cm³/mol. The summed E-state index contributed by atoms with van der Waals surface area (Å²) in [5, 5.41) is 20.4. The molecule has 0 spiro atoms. The maximum absolute atomic E-state index is 12.5. The second-order valence-electron chi connectivity index (χ2n) is 9.89. The summed E-state index contributed by atoms with van der Waals surface area (Å²) in [7, 11) is 0. The number of benzene rings is 1. The van der Waals surface area contributed by atoms with Crippen molar-refractivity contribution >= 4 is 38.8 Å². The van der Waals surface area contributed by atoms with Crippen LogP contribution in [0.2, 0.25) is 0 Å². The number of carboxylic acids is 2. The maximum atomic E-state index is 12.5. The van der Waals surface area contributed by atoms with E-state index in [1.807, 2.05) is 18.2 Å². The van der Waals surface area contributed by atoms with Gasteiger partial charge < -0.3 is 14.8 Å². The van der Waals surface area contributed by atoms with Crippen LogP contribution in [0.3, 0.4) is 0 Å². The van der Waals surface area contributed by atoms with E-state index < -0.39 is 18.0 Å². The minimum absolute atomic E-state index is 0.114. The molecule has 2 bridgehead atoms. The van der Waals surface area contributed by atoms with Gasteiger partial charge in [0.1, 0.15) is 12.6 Å². The zero-order valence-electron chi connectivity index (χ0n) is 17.0. The van der Waals surface area contributed by atoms with Crippen molar-refractivity contribution in [3.8, 4) is 0 Å². The van der Waals surface area contributed by atoms with Crippen molar-refractivity contribution in [2.24, 2.45) is 10.8 Å². The molecule has 1 saturated carbocycles. The molecule has 29 heavy (non-hydrogen) atoms. The monoisotopic (exact) mass is 462 g/mol. The third kappa shape index (κ3) is 3.70. The summed E-state index contributed by atoms with van der Waals surface area (Å²) >= 11 is 3.44. The Morgan fingerprint density at radius 2 is 1.97 bits per heavy atom. The third-order valence-electron chi connectivity index (χ3n) is 6.50. The fraction of sp³-hybridized carbons (Fsp3) is 0.545. The number of carboxylic acid groups (broad SMARTS) is 2. The van der Waals surface area contributed by atoms with Gasteiger partial charge in [-0.15, -0.1) is 0 Å². The van der Waals surface area contributed by atoms with Gasteiger partial charge in [-0.1, -0.05) is 42.8 Å². The number of hydrogen-bond acceptors (Lipinski definition) is 3. The lowest BCUT2D eigenvalue weighted by Crippen LogP contribution is -2.39. The van der Waals surface area contributed by atoms with Crippen LogP contribution in [0.25, 0.3) is 10.9 Å². The molecular formula is C22H27BrN2O4. The minimum atomic E-state index is -0.952. The van der Waals surface area contributed by atoms with E-state index in [-0.39, 0.29) is 23.4 Å². The summed E-state index contributed by atoms with van der Waals surface area (Å²) in [5.41, 5.74) is 1.71. The third-order valence-corrected chi connectivity index (χ3v) is 6.99. The van der Waals surface area contributed by atoms with Crippen molar-refractivity contribution in [1.82, 2.24) is 9.47 Å². The first-order chi connectivity index (χ1) is 13.5. The molecule has 1 aromatic carbocycles. The van der Waals surface area contributed by atoms with Gasteiger partial charge in [0.15, 0.2) is 0 Å². The zero-order valence-corrected chi connectivity index (χ0v) is 18.6. The molecule has 7 heteroatoms. The number of rotatable bonds is 5. The van der Waals surface area contributed by atoms with E-state index in [4.69, 9.17) is 0 Å². The van der Waals surface area contributed by atoms with Crippen LogP contribution in [0.5, 0.6) is 0 Å². The van der Waals surface area contributed by atoms with Crippen molar-refractivity contribution in [3.63, 3.8) is 0 Å². The molecule has 2 N–H and O–H groups in total. The fourth-order valence-corrected chi connectivity index (χ4v) is 6.40. The largest absolute Gasteiger partial charge is 0.480 e. The van der Waals surface area contributed by atoms with E-state index in [0.29, 0.717) is 5.56 Å². The lowest BCUT2D eigenvalue weighted by molar-refractivity contribution is -0.144. The van der Waals surface area contributed by atoms with Crippen molar-refractivity contribution in [2.45, 2.75) is 58.7 Å². The van der Waals surface area contributed by atoms with Gasteiger partial charge in [-0.2, -0.15) is 0 Å². The molecule has 2 heterocycles. The highest BCUT2D eigenvalue weighted by Gasteiger charge is 2.52. The smallest absolute Gasteiger partial charge is 0.325 e. The molecule has 1 aliphatic heterocycles. The Kier molecular flexibility index (Phi) is 4.82. The summed E-state index contributed by atoms with van der Waals surface area (Å²) < 4.78 is 2.47. The van der Waals surface area contributed by atoms with Crippen LogP contribution in [-0.2, 0) is 16.1 Å². The van der Waals surface area contributed by atoms with Crippen molar-refractivity contribution in [3.05, 3.63) is 34.4 Å². The molecule has 1 saturated heterocycles. The number of aromatic nitrogens is 1. The van der Waals surface area contributed by atoms with Gasteiger partial charge >= 0.3 is 11.9 Å². The molecule has 2 aliphatic rings. The highest BCUT2D eigenvalue weighted by molar-refractivity contribution is 9.10. The van der Waals surface area contributed by atoms with Crippen LogP contribution in [-0.4, -0.2) is 44.2 Å². The average Bonchev–Trinajstić information content (AvgIpc) is 3.01. The highest BCUT2D eigenvalue weighted by Crippen LogP contribution is 2.54. The Labute approximate surface area is 178 Å². The normalized spacial score (nSPS) is 27.2. The number of halogens is 1. The van der Waals surface area contributed by atoms with Gasteiger partial charge in [0, 0.05) is 34.2 Å². The Hall–Kier alpha value is -1.86. The van der Waals surface area contributed by atoms with Gasteiger partial charge in [0.25, 0.3) is 0 Å². The van der Waals surface area contributed by atoms with Crippen molar-refractivity contribution in [1.29, 1.82) is 0 Å². The Bertz CT molecular complexity index is 998. The van der Waals surface area contributed by atoms with E-state index in [2.05, 4.69) is 41.6 Å². The van der Waals surface area contributed by atoms with Crippen LogP contribution in [0.4, 0.5) is 0 Å². The number of nitrogens with zero attached hydrogens (tertiary/aromatic N) is 2. The Balaban J connectivity index is 1.82. The summed E-state index contributed by atoms with van der Waals surface area (Å²) in [6, 6.07) is 5.06. The topological polar surface area (TPSA) is 82.8 Å². The van der Waals surface area contributed by atoms with Crippen molar-refractivity contribution < 1.29 is 19.8 Å². The molecule has 1 aliphatic carbocycles. The van der Waals surface area contributed by atoms with Gasteiger partial charge in [-0.25, -0.2) is 0 Å². The Morgan fingerprint density at radius 3 is 2.62 bits per heavy atom. The number of aliphatic carboxylic acids is 2. The van der Waals surface area contributed by atoms with Crippen LogP contribution < -0.4 is 0 Å². The highest BCUT2D eigenvalue weighted by atomic mass is 79.9. The number of carbonyl (C=O) groups is 2. The van der Waals surface area contributed by atoms with E-state index in [0.717, 1.165) is 41.2 Å². The van der Waals surface area contributed by atoms with E-state index >= 15 is 0 Å². The molecule has 0 unspecified atom stereocenters. The molecule has 3 atom stereocenters. The van der Waals surface area contributed by atoms with E-state index in [9.17, 15) is 19.8 Å². The molecule has 0 amide bonds. The summed E-state index contributed by atoms with van der Waals surface area (Å²) in [4.78, 5) is 26.0. The first-order valence-corrected chi connectivity index (χ1v) is 10.8. The molecule has 2 aromatic rings. The molecule has 6 nitrogen and oxygen atoms in total. The van der Waals surface area contributed by atoms with Crippen LogP contribution in [0.1, 0.15) is 51.6 Å². The lowest BCUT2D eigenvalue weighted by Gasteiger charge is -2.40. The summed E-state index contributed by atoms with van der Waals surface area (Å²) in [6.45, 7) is 7.36. The first-order valence-electron chi connectivity index (χ1n) is 9.97. The molecular weight excluding hydrogens is 436 g/mol. The SMILES string of the molecule is CC1(C)C[C@H]2C[C@@](C)(CN2[C@H](C(=O)O)c2cn(CC(=O)O)c3cc(Br)ccc23)C1. The second-order valence-corrected chi connectivity index (χ2v) is 10.8. The van der Waals surface area contributed by atoms with Gasteiger partial charge in [0.05, 0.1) is 5.52 Å². The Morgan fingerprint density at radius 1 is 1.24 bits per heavy atom. The molecule has 1 aromatic heterocycles. The lowest BCUT2D eigenvalue weighted by atomic mass is 9.65. The second kappa shape index (κ2) is 6.84. The molecule has 2 fully saturated rings. The quantitative estimate of drug-likeness (QED) is 0.682. The van der Waals surface area contributed by atoms with E-state index in [1.54, 1.807) is 10.8 Å². The fourth-order valence-electron chi connectivity index (χ4n) is 6.05. The number of fused-ring (bicyclic) bond motifs is 3. The van der Waals surface area contributed by atoms with Crippen molar-refractivity contribution in [2.75, 3.05) is 6.54 Å². The predicted octanol–water partition coefficient (Wildman–Crippen LogP) is 4.51. The van der Waals surface area contributed by atoms with Crippen LogP contribution in [0, 0.1) is 10.8 Å². The molecule has 4 rings (SSSR count). The standard InChI is InChI=1S/C22H27BrN2O4/c1-21(2)7-14-8-22(3,11-21)12-25(14)19(20(28)29)16-9-24(10-18(26)27)17-6-13(23)4-5-15(16)17/h4-6,9,14,19H,7-8,10-12H2,1-3H3,(H,26,27)(H,28,29)/t14-,19-,22+/m0/s1.